The predicted molar refractivity (Wildman–Crippen MR) is 106 cm³/mol. The Hall–Kier alpha value is -3.27. The Balaban J connectivity index is 1.49. The number of carbonyl (C=O) groups is 1. The number of nitrogens with one attached hydrogen (secondary N) is 2. The summed E-state index contributed by atoms with van der Waals surface area (Å²) in [7, 11) is 0. The minimum Gasteiger partial charge on any atom is -0.448 e. The van der Waals surface area contributed by atoms with Gasteiger partial charge in [-0.3, -0.25) is 4.79 Å². The third kappa shape index (κ3) is 3.33. The number of aromatic nitrogens is 2. The molecule has 1 aliphatic heterocycles. The fourth-order valence-corrected chi connectivity index (χ4v) is 4.01. The molecule has 0 bridgehead atoms. The van der Waals surface area contributed by atoms with Crippen LogP contribution in [0.1, 0.15) is 41.7 Å². The number of aromatic amines is 1. The maximum absolute atomic E-state index is 12.4. The molecule has 1 aliphatic rings. The summed E-state index contributed by atoms with van der Waals surface area (Å²) in [5.41, 5.74) is 2.98. The molecule has 2 N–H and O–H groups in total. The highest BCUT2D eigenvalue weighted by Crippen LogP contribution is 2.32. The number of piperidine rings is 1. The van der Waals surface area contributed by atoms with Crippen LogP contribution in [0.5, 0.6) is 0 Å². The average molecular weight is 377 g/mol. The number of amides is 1. The molecular formula is C21H23N5O2. The molecule has 2 atom stereocenters. The first-order chi connectivity index (χ1) is 13.6. The Morgan fingerprint density at radius 2 is 2.32 bits per heavy atom. The van der Waals surface area contributed by atoms with Gasteiger partial charge >= 0.3 is 0 Å². The van der Waals surface area contributed by atoms with Crippen LogP contribution in [0.4, 0.5) is 5.69 Å². The third-order valence-corrected chi connectivity index (χ3v) is 5.54. The standard InChI is InChI=1S/C21H23N5O2/c1-13(24-21(27)18-12-28-14(2)25-18)16-4-3-9-26(11-16)19-6-5-15(10-22)20-17(19)7-8-23-20/h5-8,12-13,16,23H,3-4,9,11H2,1-2H3,(H,24,27). The van der Waals surface area contributed by atoms with Gasteiger partial charge in [-0.25, -0.2) is 4.98 Å². The van der Waals surface area contributed by atoms with Gasteiger partial charge in [0.2, 0.25) is 0 Å². The summed E-state index contributed by atoms with van der Waals surface area (Å²) in [5.74, 6) is 0.612. The number of nitriles is 1. The fraction of sp³-hybridized carbons (Fsp3) is 0.381. The van der Waals surface area contributed by atoms with E-state index >= 15 is 0 Å². The lowest BCUT2D eigenvalue weighted by atomic mass is 9.90. The topological polar surface area (TPSA) is 98.0 Å². The second-order valence-electron chi connectivity index (χ2n) is 7.37. The Bertz CT molecular complexity index is 1040. The zero-order chi connectivity index (χ0) is 19.7. The van der Waals surface area contributed by atoms with Crippen LogP contribution in [-0.2, 0) is 0 Å². The van der Waals surface area contributed by atoms with Crippen molar-refractivity contribution < 1.29 is 9.21 Å². The van der Waals surface area contributed by atoms with E-state index in [9.17, 15) is 10.1 Å². The number of rotatable bonds is 4. The van der Waals surface area contributed by atoms with Crippen molar-refractivity contribution in [3.63, 3.8) is 0 Å². The molecule has 1 saturated heterocycles. The number of carbonyl (C=O) groups excluding carboxylic acids is 1. The largest absolute Gasteiger partial charge is 0.448 e. The van der Waals surface area contributed by atoms with E-state index in [0.29, 0.717) is 23.1 Å². The molecule has 0 radical (unpaired) electrons. The molecule has 0 saturated carbocycles. The molecule has 4 rings (SSSR count). The second kappa shape index (κ2) is 7.39. The Labute approximate surface area is 163 Å². The Morgan fingerprint density at radius 1 is 1.46 bits per heavy atom. The molecule has 0 spiro atoms. The van der Waals surface area contributed by atoms with Gasteiger partial charge in [-0.15, -0.1) is 0 Å². The van der Waals surface area contributed by atoms with E-state index in [-0.39, 0.29) is 11.9 Å². The molecular weight excluding hydrogens is 354 g/mol. The van der Waals surface area contributed by atoms with E-state index in [0.717, 1.165) is 42.5 Å². The zero-order valence-corrected chi connectivity index (χ0v) is 16.0. The first kappa shape index (κ1) is 18.1. The molecule has 2 aromatic heterocycles. The summed E-state index contributed by atoms with van der Waals surface area (Å²) in [4.78, 5) is 22.0. The van der Waals surface area contributed by atoms with Crippen LogP contribution in [0.15, 0.2) is 35.1 Å². The van der Waals surface area contributed by atoms with Crippen molar-refractivity contribution in [3.05, 3.63) is 47.8 Å². The number of oxazole rings is 1. The summed E-state index contributed by atoms with van der Waals surface area (Å²) in [6.45, 7) is 5.58. The van der Waals surface area contributed by atoms with Crippen molar-refractivity contribution in [3.8, 4) is 6.07 Å². The summed E-state index contributed by atoms with van der Waals surface area (Å²) in [6.07, 6.45) is 5.38. The average Bonchev–Trinajstić information content (AvgIpc) is 3.36. The summed E-state index contributed by atoms with van der Waals surface area (Å²) >= 11 is 0. The van der Waals surface area contributed by atoms with Crippen molar-refractivity contribution in [2.24, 2.45) is 5.92 Å². The van der Waals surface area contributed by atoms with Crippen LogP contribution in [0, 0.1) is 24.2 Å². The van der Waals surface area contributed by atoms with E-state index in [2.05, 4.69) is 26.3 Å². The number of fused-ring (bicyclic) bond motifs is 1. The number of nitrogens with zero attached hydrogens (tertiary/aromatic N) is 3. The molecule has 7 nitrogen and oxygen atoms in total. The smallest absolute Gasteiger partial charge is 0.273 e. The highest BCUT2D eigenvalue weighted by Gasteiger charge is 2.27. The molecule has 7 heteroatoms. The van der Waals surface area contributed by atoms with Gasteiger partial charge in [0.15, 0.2) is 11.6 Å². The van der Waals surface area contributed by atoms with Crippen molar-refractivity contribution >= 4 is 22.5 Å². The third-order valence-electron chi connectivity index (χ3n) is 5.54. The lowest BCUT2D eigenvalue weighted by molar-refractivity contribution is 0.0918. The minimum absolute atomic E-state index is 0.0207. The SMILES string of the molecule is Cc1nc(C(=O)NC(C)C2CCCN(c3ccc(C#N)c4[nH]ccc34)C2)co1. The molecule has 1 amide bonds. The van der Waals surface area contributed by atoms with Crippen LogP contribution >= 0.6 is 0 Å². The Kier molecular flexibility index (Phi) is 4.78. The number of aryl methyl sites for hydroxylation is 1. The van der Waals surface area contributed by atoms with Crippen LogP contribution < -0.4 is 10.2 Å². The lowest BCUT2D eigenvalue weighted by Gasteiger charge is -2.37. The van der Waals surface area contributed by atoms with Gasteiger partial charge in [-0.1, -0.05) is 0 Å². The second-order valence-corrected chi connectivity index (χ2v) is 7.37. The molecule has 1 fully saturated rings. The first-order valence-corrected chi connectivity index (χ1v) is 9.55. The highest BCUT2D eigenvalue weighted by atomic mass is 16.3. The van der Waals surface area contributed by atoms with Crippen LogP contribution in [0.2, 0.25) is 0 Å². The molecule has 28 heavy (non-hydrogen) atoms. The van der Waals surface area contributed by atoms with Crippen molar-refractivity contribution in [1.29, 1.82) is 5.26 Å². The van der Waals surface area contributed by atoms with Gasteiger partial charge in [0, 0.05) is 43.3 Å². The van der Waals surface area contributed by atoms with E-state index in [1.165, 1.54) is 6.26 Å². The number of hydrogen-bond acceptors (Lipinski definition) is 5. The fourth-order valence-electron chi connectivity index (χ4n) is 4.01. The molecule has 1 aromatic carbocycles. The van der Waals surface area contributed by atoms with Gasteiger partial charge in [0.05, 0.1) is 11.1 Å². The molecule has 3 heterocycles. The number of hydrogen-bond donors (Lipinski definition) is 2. The van der Waals surface area contributed by atoms with Gasteiger partial charge in [-0.2, -0.15) is 5.26 Å². The van der Waals surface area contributed by atoms with E-state index < -0.39 is 0 Å². The number of benzene rings is 1. The van der Waals surface area contributed by atoms with Crippen LogP contribution in [0.25, 0.3) is 10.9 Å². The maximum Gasteiger partial charge on any atom is 0.273 e. The van der Waals surface area contributed by atoms with E-state index in [1.807, 2.05) is 31.3 Å². The van der Waals surface area contributed by atoms with E-state index in [1.54, 1.807) is 6.92 Å². The van der Waals surface area contributed by atoms with Crippen molar-refractivity contribution in [1.82, 2.24) is 15.3 Å². The zero-order valence-electron chi connectivity index (χ0n) is 16.0. The van der Waals surface area contributed by atoms with Crippen molar-refractivity contribution in [2.75, 3.05) is 18.0 Å². The molecule has 3 aromatic rings. The van der Waals surface area contributed by atoms with Gasteiger partial charge in [-0.05, 0) is 43.9 Å². The van der Waals surface area contributed by atoms with Crippen LogP contribution in [0.3, 0.4) is 0 Å². The lowest BCUT2D eigenvalue weighted by Crippen LogP contribution is -2.46. The van der Waals surface area contributed by atoms with Gasteiger partial charge < -0.3 is 19.6 Å². The van der Waals surface area contributed by atoms with Crippen molar-refractivity contribution in [2.45, 2.75) is 32.7 Å². The number of H-pyrrole nitrogens is 1. The molecule has 2 unspecified atom stereocenters. The van der Waals surface area contributed by atoms with Crippen LogP contribution in [-0.4, -0.2) is 35.0 Å². The van der Waals surface area contributed by atoms with Gasteiger partial charge in [0.1, 0.15) is 12.3 Å². The summed E-state index contributed by atoms with van der Waals surface area (Å²) < 4.78 is 5.13. The summed E-state index contributed by atoms with van der Waals surface area (Å²) in [5, 5.41) is 13.4. The molecule has 0 aliphatic carbocycles. The molecule has 144 valence electrons. The quantitative estimate of drug-likeness (QED) is 0.726. The minimum atomic E-state index is -0.201. The van der Waals surface area contributed by atoms with E-state index in [4.69, 9.17) is 4.42 Å². The normalized spacial score (nSPS) is 18.0. The van der Waals surface area contributed by atoms with Gasteiger partial charge in [0.25, 0.3) is 5.91 Å². The maximum atomic E-state index is 12.4. The first-order valence-electron chi connectivity index (χ1n) is 9.55. The monoisotopic (exact) mass is 377 g/mol. The summed E-state index contributed by atoms with van der Waals surface area (Å²) in [6, 6.07) is 8.18. The number of anilines is 1. The highest BCUT2D eigenvalue weighted by molar-refractivity contribution is 5.96. The predicted octanol–water partition coefficient (Wildman–Crippen LogP) is 3.37. The Morgan fingerprint density at radius 3 is 3.07 bits per heavy atom.